The largest absolute Gasteiger partial charge is 0.507 e. The number of hydrogen-bond donors (Lipinski definition) is 1. The van der Waals surface area contributed by atoms with Gasteiger partial charge in [-0.05, 0) is 38.1 Å². The second-order valence-electron chi connectivity index (χ2n) is 5.98. The van der Waals surface area contributed by atoms with Gasteiger partial charge in [-0.15, -0.1) is 0 Å². The molecule has 0 radical (unpaired) electrons. The third-order valence-corrected chi connectivity index (χ3v) is 3.86. The van der Waals surface area contributed by atoms with Crippen molar-refractivity contribution >= 4 is 28.0 Å². The summed E-state index contributed by atoms with van der Waals surface area (Å²) >= 11 is 0. The average molecular weight is 294 g/mol. The Morgan fingerprint density at radius 3 is 2.77 bits per heavy atom. The van der Waals surface area contributed by atoms with Crippen LogP contribution >= 0.6 is 0 Å². The van der Waals surface area contributed by atoms with Gasteiger partial charge in [-0.25, -0.2) is 0 Å². The molecule has 1 aromatic heterocycles. The van der Waals surface area contributed by atoms with Crippen LogP contribution in [0.1, 0.15) is 19.4 Å². The van der Waals surface area contributed by atoms with Gasteiger partial charge in [0, 0.05) is 6.07 Å². The van der Waals surface area contributed by atoms with E-state index in [0.717, 1.165) is 0 Å². The molecule has 0 atom stereocenters. The Morgan fingerprint density at radius 2 is 1.95 bits per heavy atom. The van der Waals surface area contributed by atoms with Gasteiger partial charge in [0.25, 0.3) is 0 Å². The van der Waals surface area contributed by atoms with Crippen LogP contribution in [0.4, 0.5) is 0 Å². The van der Waals surface area contributed by atoms with E-state index in [1.54, 1.807) is 18.2 Å². The topological polar surface area (TPSA) is 59.7 Å². The Labute approximate surface area is 126 Å². The molecule has 0 unspecified atom stereocenters. The van der Waals surface area contributed by atoms with Crippen molar-refractivity contribution < 1.29 is 14.3 Å². The zero-order chi connectivity index (χ0) is 15.5. The maximum absolute atomic E-state index is 12.6. The molecule has 4 rings (SSSR count). The summed E-state index contributed by atoms with van der Waals surface area (Å²) < 4.78 is 11.7. The molecule has 0 bridgehead atoms. The highest BCUT2D eigenvalue weighted by atomic mass is 16.5. The molecular weight excluding hydrogens is 280 g/mol. The van der Waals surface area contributed by atoms with Gasteiger partial charge in [0.2, 0.25) is 5.43 Å². The summed E-state index contributed by atoms with van der Waals surface area (Å²) in [7, 11) is 0. The fourth-order valence-corrected chi connectivity index (χ4v) is 2.79. The highest BCUT2D eigenvalue weighted by molar-refractivity contribution is 5.98. The number of fused-ring (bicyclic) bond motifs is 4. The van der Waals surface area contributed by atoms with Gasteiger partial charge in [-0.1, -0.05) is 12.1 Å². The van der Waals surface area contributed by atoms with Crippen LogP contribution < -0.4 is 10.2 Å². The zero-order valence-electron chi connectivity index (χ0n) is 12.2. The number of phenols is 1. The molecule has 1 aliphatic heterocycles. The lowest BCUT2D eigenvalue weighted by Crippen LogP contribution is -2.27. The van der Waals surface area contributed by atoms with Gasteiger partial charge >= 0.3 is 0 Å². The van der Waals surface area contributed by atoms with Crippen LogP contribution in [0.25, 0.3) is 28.0 Å². The van der Waals surface area contributed by atoms with Crippen LogP contribution in [-0.2, 0) is 0 Å². The van der Waals surface area contributed by atoms with E-state index in [2.05, 4.69) is 0 Å². The number of benzene rings is 2. The summed E-state index contributed by atoms with van der Waals surface area (Å²) in [6.07, 6.45) is 3.78. The van der Waals surface area contributed by atoms with Crippen molar-refractivity contribution in [3.63, 3.8) is 0 Å². The smallest absolute Gasteiger partial charge is 0.204 e. The fourth-order valence-electron chi connectivity index (χ4n) is 2.79. The van der Waals surface area contributed by atoms with Gasteiger partial charge in [-0.2, -0.15) is 0 Å². The van der Waals surface area contributed by atoms with Crippen LogP contribution in [0.3, 0.4) is 0 Å². The molecule has 4 nitrogen and oxygen atoms in total. The minimum absolute atomic E-state index is 0.126. The van der Waals surface area contributed by atoms with Crippen molar-refractivity contribution in [1.29, 1.82) is 0 Å². The first-order valence-electron chi connectivity index (χ1n) is 7.06. The van der Waals surface area contributed by atoms with Gasteiger partial charge in [-0.3, -0.25) is 4.79 Å². The predicted molar refractivity (Wildman–Crippen MR) is 85.4 cm³/mol. The monoisotopic (exact) mass is 294 g/mol. The SMILES string of the molecule is CC1(C)C=Cc2c(cc(O)c3c(=O)c4ccccc4oc23)O1. The van der Waals surface area contributed by atoms with Crippen molar-refractivity contribution in [2.75, 3.05) is 0 Å². The molecule has 22 heavy (non-hydrogen) atoms. The van der Waals surface area contributed by atoms with E-state index in [9.17, 15) is 9.90 Å². The van der Waals surface area contributed by atoms with Crippen LogP contribution in [0.2, 0.25) is 0 Å². The average Bonchev–Trinajstić information content (AvgIpc) is 2.46. The van der Waals surface area contributed by atoms with Gasteiger partial charge < -0.3 is 14.3 Å². The maximum atomic E-state index is 12.6. The second-order valence-corrected chi connectivity index (χ2v) is 5.98. The molecule has 0 aliphatic carbocycles. The standard InChI is InChI=1S/C18H14O4/c1-18(2)8-7-11-14(22-18)9-12(19)15-16(20)10-5-3-4-6-13(10)21-17(11)15/h3-9,19H,1-2H3. The van der Waals surface area contributed by atoms with Crippen LogP contribution in [0.5, 0.6) is 11.5 Å². The lowest BCUT2D eigenvalue weighted by Gasteiger charge is -2.28. The fraction of sp³-hybridized carbons (Fsp3) is 0.167. The molecular formula is C18H14O4. The van der Waals surface area contributed by atoms with Gasteiger partial charge in [0.1, 0.15) is 28.1 Å². The number of ether oxygens (including phenoxy) is 1. The summed E-state index contributed by atoms with van der Waals surface area (Å²) in [4.78, 5) is 12.6. The number of hydrogen-bond acceptors (Lipinski definition) is 4. The van der Waals surface area contributed by atoms with E-state index >= 15 is 0 Å². The van der Waals surface area contributed by atoms with E-state index in [0.29, 0.717) is 27.9 Å². The van der Waals surface area contributed by atoms with Gasteiger partial charge in [0.05, 0.1) is 10.9 Å². The first kappa shape index (κ1) is 13.0. The Kier molecular flexibility index (Phi) is 2.43. The molecule has 0 fully saturated rings. The maximum Gasteiger partial charge on any atom is 0.204 e. The normalized spacial score (nSPS) is 15.7. The lowest BCUT2D eigenvalue weighted by atomic mass is 9.99. The molecule has 4 heteroatoms. The highest BCUT2D eigenvalue weighted by Gasteiger charge is 2.26. The minimum atomic E-state index is -0.468. The van der Waals surface area contributed by atoms with E-state index in [1.165, 1.54) is 6.07 Å². The zero-order valence-corrected chi connectivity index (χ0v) is 12.2. The number of rotatable bonds is 0. The molecule has 0 saturated heterocycles. The summed E-state index contributed by atoms with van der Waals surface area (Å²) in [6.45, 7) is 3.84. The molecule has 0 amide bonds. The molecule has 1 N–H and O–H groups in total. The Bertz CT molecular complexity index is 1010. The van der Waals surface area contributed by atoms with Crippen LogP contribution in [0, 0.1) is 0 Å². The molecule has 0 spiro atoms. The Balaban J connectivity index is 2.19. The summed E-state index contributed by atoms with van der Waals surface area (Å²) in [5, 5.41) is 10.9. The summed E-state index contributed by atoms with van der Waals surface area (Å²) in [6, 6.07) is 8.49. The molecule has 2 heterocycles. The third kappa shape index (κ3) is 1.73. The van der Waals surface area contributed by atoms with Crippen molar-refractivity contribution in [3.05, 3.63) is 52.2 Å². The van der Waals surface area contributed by atoms with Crippen molar-refractivity contribution in [3.8, 4) is 11.5 Å². The second kappa shape index (κ2) is 4.13. The van der Waals surface area contributed by atoms with Gasteiger partial charge in [0.15, 0.2) is 5.58 Å². The number of para-hydroxylation sites is 1. The Hall–Kier alpha value is -2.75. The third-order valence-electron chi connectivity index (χ3n) is 3.86. The van der Waals surface area contributed by atoms with E-state index in [1.807, 2.05) is 32.1 Å². The lowest BCUT2D eigenvalue weighted by molar-refractivity contribution is 0.158. The predicted octanol–water partition coefficient (Wildman–Crippen LogP) is 3.84. The van der Waals surface area contributed by atoms with E-state index in [-0.39, 0.29) is 16.6 Å². The van der Waals surface area contributed by atoms with Crippen molar-refractivity contribution in [2.24, 2.45) is 0 Å². The first-order valence-corrected chi connectivity index (χ1v) is 7.06. The minimum Gasteiger partial charge on any atom is -0.507 e. The summed E-state index contributed by atoms with van der Waals surface area (Å²) in [5.74, 6) is 0.385. The van der Waals surface area contributed by atoms with E-state index < -0.39 is 5.60 Å². The quantitative estimate of drug-likeness (QED) is 0.640. The summed E-state index contributed by atoms with van der Waals surface area (Å²) in [5.41, 5.74) is 0.811. The van der Waals surface area contributed by atoms with Crippen molar-refractivity contribution in [1.82, 2.24) is 0 Å². The molecule has 0 saturated carbocycles. The first-order chi connectivity index (χ1) is 10.5. The molecule has 3 aromatic rings. The number of phenolic OH excluding ortho intramolecular Hbond substituents is 1. The van der Waals surface area contributed by atoms with E-state index in [4.69, 9.17) is 9.15 Å². The van der Waals surface area contributed by atoms with Crippen LogP contribution in [0.15, 0.2) is 45.6 Å². The highest BCUT2D eigenvalue weighted by Crippen LogP contribution is 2.40. The molecule has 110 valence electrons. The molecule has 1 aliphatic rings. The Morgan fingerprint density at radius 1 is 1.18 bits per heavy atom. The molecule has 2 aromatic carbocycles. The van der Waals surface area contributed by atoms with Crippen LogP contribution in [-0.4, -0.2) is 10.7 Å². The number of aromatic hydroxyl groups is 1. The van der Waals surface area contributed by atoms with Crippen molar-refractivity contribution in [2.45, 2.75) is 19.4 Å².